The van der Waals surface area contributed by atoms with Gasteiger partial charge in [0.1, 0.15) is 0 Å². The van der Waals surface area contributed by atoms with Crippen molar-refractivity contribution in [2.45, 2.75) is 25.0 Å². The molecule has 1 aliphatic heterocycles. The molecule has 1 atom stereocenters. The molecule has 23 heavy (non-hydrogen) atoms. The monoisotopic (exact) mass is 330 g/mol. The van der Waals surface area contributed by atoms with E-state index < -0.39 is 6.10 Å². The maximum atomic E-state index is 10.4. The molecule has 0 saturated carbocycles. The fourth-order valence-corrected chi connectivity index (χ4v) is 3.15. The van der Waals surface area contributed by atoms with Crippen LogP contribution in [0.4, 0.5) is 0 Å². The van der Waals surface area contributed by atoms with Crippen molar-refractivity contribution in [2.24, 2.45) is 0 Å². The van der Waals surface area contributed by atoms with Crippen LogP contribution in [0.15, 0.2) is 36.7 Å². The first kappa shape index (κ1) is 16.0. The van der Waals surface area contributed by atoms with Crippen molar-refractivity contribution in [3.05, 3.63) is 52.8 Å². The number of aliphatic hydroxyl groups is 1. The van der Waals surface area contributed by atoms with Crippen molar-refractivity contribution in [1.82, 2.24) is 14.7 Å². The van der Waals surface area contributed by atoms with E-state index in [9.17, 15) is 5.11 Å². The topological polar surface area (TPSA) is 65.1 Å². The van der Waals surface area contributed by atoms with Crippen molar-refractivity contribution >= 4 is 11.6 Å². The molecule has 120 valence electrons. The second-order valence-corrected chi connectivity index (χ2v) is 6.36. The van der Waals surface area contributed by atoms with Gasteiger partial charge in [-0.05, 0) is 30.5 Å². The highest BCUT2D eigenvalue weighted by molar-refractivity contribution is 6.30. The summed E-state index contributed by atoms with van der Waals surface area (Å²) in [5.41, 5.74) is 1.46. The summed E-state index contributed by atoms with van der Waals surface area (Å²) in [7, 11) is 0. The number of rotatable bonds is 4. The highest BCUT2D eigenvalue weighted by atomic mass is 35.5. The lowest BCUT2D eigenvalue weighted by Crippen LogP contribution is -2.37. The number of piperidine rings is 1. The summed E-state index contributed by atoms with van der Waals surface area (Å²) in [6.45, 7) is 2.46. The maximum absolute atomic E-state index is 10.4. The molecular weight excluding hydrogens is 312 g/mol. The van der Waals surface area contributed by atoms with E-state index in [0.717, 1.165) is 31.5 Å². The molecule has 2 heterocycles. The van der Waals surface area contributed by atoms with E-state index in [1.165, 1.54) is 0 Å². The number of β-amino-alcohol motifs (C(OH)–C–C–N with tert-alkyl or cyclic N) is 1. The summed E-state index contributed by atoms with van der Waals surface area (Å²) < 4.78 is 1.94. The molecule has 0 amide bonds. The molecule has 3 rings (SSSR count). The Balaban J connectivity index is 1.52. The lowest BCUT2D eigenvalue weighted by molar-refractivity contribution is 0.0890. The lowest BCUT2D eigenvalue weighted by atomic mass is 10.0. The summed E-state index contributed by atoms with van der Waals surface area (Å²) in [5, 5.41) is 24.1. The van der Waals surface area contributed by atoms with Gasteiger partial charge >= 0.3 is 0 Å². The molecule has 0 radical (unpaired) electrons. The third-order valence-corrected chi connectivity index (χ3v) is 4.55. The van der Waals surface area contributed by atoms with Crippen molar-refractivity contribution in [3.8, 4) is 6.07 Å². The highest BCUT2D eigenvalue weighted by Gasteiger charge is 2.23. The van der Waals surface area contributed by atoms with Crippen LogP contribution in [-0.4, -0.2) is 39.4 Å². The molecule has 0 aliphatic carbocycles. The Morgan fingerprint density at radius 1 is 1.30 bits per heavy atom. The fourth-order valence-electron chi connectivity index (χ4n) is 3.01. The predicted octanol–water partition coefficient (Wildman–Crippen LogP) is 2.78. The van der Waals surface area contributed by atoms with Gasteiger partial charge < -0.3 is 10.0 Å². The van der Waals surface area contributed by atoms with E-state index in [1.54, 1.807) is 18.3 Å². The molecule has 1 aromatic heterocycles. The van der Waals surface area contributed by atoms with Crippen molar-refractivity contribution in [3.63, 3.8) is 0 Å². The minimum absolute atomic E-state index is 0.380. The van der Waals surface area contributed by atoms with E-state index >= 15 is 0 Å². The van der Waals surface area contributed by atoms with E-state index in [4.69, 9.17) is 16.9 Å². The Kier molecular flexibility index (Phi) is 4.97. The first-order valence-electron chi connectivity index (χ1n) is 7.76. The van der Waals surface area contributed by atoms with Crippen LogP contribution in [0.25, 0.3) is 0 Å². The number of hydrogen-bond acceptors (Lipinski definition) is 4. The minimum Gasteiger partial charge on any atom is -0.387 e. The molecular formula is C17H19ClN4O. The molecule has 1 unspecified atom stereocenters. The van der Waals surface area contributed by atoms with Gasteiger partial charge in [0.2, 0.25) is 0 Å². The van der Waals surface area contributed by atoms with Crippen LogP contribution < -0.4 is 0 Å². The summed E-state index contributed by atoms with van der Waals surface area (Å²) in [6.07, 6.45) is 5.00. The van der Waals surface area contributed by atoms with Gasteiger partial charge in [0, 0.05) is 25.8 Å². The minimum atomic E-state index is -0.529. The van der Waals surface area contributed by atoms with Gasteiger partial charge in [-0.15, -0.1) is 0 Å². The third-order valence-electron chi connectivity index (χ3n) is 4.36. The van der Waals surface area contributed by atoms with E-state index in [1.807, 2.05) is 23.0 Å². The molecule has 1 N–H and O–H groups in total. The Hall–Kier alpha value is -1.87. The van der Waals surface area contributed by atoms with Crippen LogP contribution in [0.3, 0.4) is 0 Å². The zero-order chi connectivity index (χ0) is 16.2. The Morgan fingerprint density at radius 2 is 2.00 bits per heavy atom. The van der Waals surface area contributed by atoms with E-state index in [0.29, 0.717) is 23.2 Å². The molecule has 0 spiro atoms. The number of benzene rings is 1. The standard InChI is InChI=1S/C17H19ClN4O/c18-15-10-20-22(11-15)16-5-7-21(8-6-16)12-17(23)14-3-1-13(9-19)2-4-14/h1-4,10-11,16-17,23H,5-8,12H2. The summed E-state index contributed by atoms with van der Waals surface area (Å²) >= 11 is 5.92. The van der Waals surface area contributed by atoms with E-state index in [-0.39, 0.29) is 0 Å². The largest absolute Gasteiger partial charge is 0.387 e. The quantitative estimate of drug-likeness (QED) is 0.936. The molecule has 6 heteroatoms. The average molecular weight is 331 g/mol. The molecule has 1 fully saturated rings. The summed E-state index contributed by atoms with van der Waals surface area (Å²) in [5.74, 6) is 0. The average Bonchev–Trinajstić information content (AvgIpc) is 3.02. The second-order valence-electron chi connectivity index (χ2n) is 5.92. The predicted molar refractivity (Wildman–Crippen MR) is 88.1 cm³/mol. The maximum Gasteiger partial charge on any atom is 0.0991 e. The van der Waals surface area contributed by atoms with Crippen LogP contribution in [0, 0.1) is 11.3 Å². The van der Waals surface area contributed by atoms with Crippen LogP contribution >= 0.6 is 11.6 Å². The van der Waals surface area contributed by atoms with Gasteiger partial charge in [0.15, 0.2) is 0 Å². The van der Waals surface area contributed by atoms with E-state index in [2.05, 4.69) is 16.1 Å². The highest BCUT2D eigenvalue weighted by Crippen LogP contribution is 2.25. The molecule has 1 saturated heterocycles. The molecule has 5 nitrogen and oxygen atoms in total. The normalized spacial score (nSPS) is 17.8. The van der Waals surface area contributed by atoms with Gasteiger partial charge in [-0.25, -0.2) is 0 Å². The Bertz CT molecular complexity index is 683. The number of hydrogen-bond donors (Lipinski definition) is 1. The number of likely N-dealkylation sites (tertiary alicyclic amines) is 1. The number of nitrogens with zero attached hydrogens (tertiary/aromatic N) is 4. The second kappa shape index (κ2) is 7.14. The van der Waals surface area contributed by atoms with Gasteiger partial charge in [-0.1, -0.05) is 23.7 Å². The Labute approximate surface area is 140 Å². The first-order chi connectivity index (χ1) is 11.2. The zero-order valence-electron chi connectivity index (χ0n) is 12.8. The molecule has 0 bridgehead atoms. The number of nitriles is 1. The van der Waals surface area contributed by atoms with Crippen LogP contribution in [0.5, 0.6) is 0 Å². The van der Waals surface area contributed by atoms with Gasteiger partial charge in [-0.2, -0.15) is 10.4 Å². The van der Waals surface area contributed by atoms with Crippen molar-refractivity contribution in [1.29, 1.82) is 5.26 Å². The molecule has 2 aromatic rings. The van der Waals surface area contributed by atoms with Crippen LogP contribution in [-0.2, 0) is 0 Å². The van der Waals surface area contributed by atoms with Crippen LogP contribution in [0.1, 0.15) is 36.1 Å². The van der Waals surface area contributed by atoms with Gasteiger partial charge in [-0.3, -0.25) is 4.68 Å². The smallest absolute Gasteiger partial charge is 0.0991 e. The van der Waals surface area contributed by atoms with Crippen LogP contribution in [0.2, 0.25) is 5.02 Å². The third kappa shape index (κ3) is 3.91. The lowest BCUT2D eigenvalue weighted by Gasteiger charge is -2.33. The first-order valence-corrected chi connectivity index (χ1v) is 8.13. The van der Waals surface area contributed by atoms with Crippen molar-refractivity contribution < 1.29 is 5.11 Å². The molecule has 1 aromatic carbocycles. The number of aliphatic hydroxyl groups excluding tert-OH is 1. The molecule has 1 aliphatic rings. The SMILES string of the molecule is N#Cc1ccc(C(O)CN2CCC(n3cc(Cl)cn3)CC2)cc1. The number of halogens is 1. The van der Waals surface area contributed by atoms with Gasteiger partial charge in [0.25, 0.3) is 0 Å². The zero-order valence-corrected chi connectivity index (χ0v) is 13.5. The summed E-state index contributed by atoms with van der Waals surface area (Å²) in [6, 6.07) is 9.59. The summed E-state index contributed by atoms with van der Waals surface area (Å²) in [4.78, 5) is 2.27. The fraction of sp³-hybridized carbons (Fsp3) is 0.412. The Morgan fingerprint density at radius 3 is 2.57 bits per heavy atom. The number of aromatic nitrogens is 2. The van der Waals surface area contributed by atoms with Gasteiger partial charge in [0.05, 0.1) is 35.0 Å². The van der Waals surface area contributed by atoms with Crippen molar-refractivity contribution in [2.75, 3.05) is 19.6 Å².